The Morgan fingerprint density at radius 3 is 2.24 bits per heavy atom. The predicted molar refractivity (Wildman–Crippen MR) is 192 cm³/mol. The molecule has 2 fully saturated rings. The summed E-state index contributed by atoms with van der Waals surface area (Å²) in [6.07, 6.45) is 16.1. The number of methoxy groups -OCH3 is 2. The van der Waals surface area contributed by atoms with Crippen molar-refractivity contribution in [1.29, 1.82) is 0 Å². The van der Waals surface area contributed by atoms with Crippen LogP contribution in [0.3, 0.4) is 0 Å². The van der Waals surface area contributed by atoms with E-state index in [1.165, 1.54) is 0 Å². The first-order valence-corrected chi connectivity index (χ1v) is 18.4. The highest BCUT2D eigenvalue weighted by Crippen LogP contribution is 2.29. The average molecular weight is 686 g/mol. The molecule has 0 aromatic carbocycles. The van der Waals surface area contributed by atoms with E-state index in [2.05, 4.69) is 41.9 Å². The van der Waals surface area contributed by atoms with Gasteiger partial charge in [-0.2, -0.15) is 0 Å². The van der Waals surface area contributed by atoms with Crippen molar-refractivity contribution in [3.8, 4) is 0 Å². The van der Waals surface area contributed by atoms with Gasteiger partial charge in [-0.3, -0.25) is 19.2 Å². The van der Waals surface area contributed by atoms with Crippen LogP contribution >= 0.6 is 0 Å². The fourth-order valence-electron chi connectivity index (χ4n) is 7.52. The first-order chi connectivity index (χ1) is 23.4. The molecule has 2 heterocycles. The standard InChI is InChI=1S/C38H63N5O6/c1-9-26(4)34(42(6)38(47)33(25(2)3)41-37(46)29-18-14-21-39-29)31(48-7)24-32(44)43-23-15-19-30(43)35(49-8)27(5)36(45)40-22-20-28-16-12-10-11-13-17-28/h10-13,16-17,25-31,33-35,39H,9,14-15,18-24H2,1-8H3,(H,40,45)(H,41,46)/t26-,27+,29?,30-,31+,33-,34-,35+/m0/s1. The summed E-state index contributed by atoms with van der Waals surface area (Å²) in [4.78, 5) is 57.9. The number of amides is 4. The van der Waals surface area contributed by atoms with Crippen LogP contribution in [0.25, 0.3) is 0 Å². The first-order valence-electron chi connectivity index (χ1n) is 18.4. The molecule has 0 aromatic heterocycles. The number of rotatable bonds is 18. The number of ether oxygens (including phenoxy) is 2. The van der Waals surface area contributed by atoms with E-state index in [9.17, 15) is 19.2 Å². The lowest BCUT2D eigenvalue weighted by atomic mass is 9.89. The molecule has 0 radical (unpaired) electrons. The van der Waals surface area contributed by atoms with Gasteiger partial charge < -0.3 is 35.2 Å². The van der Waals surface area contributed by atoms with E-state index in [4.69, 9.17) is 9.47 Å². The molecule has 3 N–H and O–H groups in total. The van der Waals surface area contributed by atoms with Crippen LogP contribution < -0.4 is 16.0 Å². The minimum absolute atomic E-state index is 0.0248. The van der Waals surface area contributed by atoms with Crippen LogP contribution in [0.5, 0.6) is 0 Å². The highest BCUT2D eigenvalue weighted by molar-refractivity contribution is 5.90. The van der Waals surface area contributed by atoms with E-state index in [-0.39, 0.29) is 59.9 Å². The molecule has 11 nitrogen and oxygen atoms in total. The molecule has 4 amide bonds. The van der Waals surface area contributed by atoms with Gasteiger partial charge in [0.05, 0.1) is 42.7 Å². The topological polar surface area (TPSA) is 129 Å². The number of nitrogens with one attached hydrogen (secondary N) is 3. The number of hydrogen-bond donors (Lipinski definition) is 3. The van der Waals surface area contributed by atoms with Gasteiger partial charge in [0, 0.05) is 34.4 Å². The Morgan fingerprint density at radius 2 is 1.67 bits per heavy atom. The molecule has 2 aliphatic heterocycles. The number of likely N-dealkylation sites (N-methyl/N-ethyl adjacent to an activating group) is 1. The van der Waals surface area contributed by atoms with Crippen LogP contribution in [-0.2, 0) is 28.7 Å². The van der Waals surface area contributed by atoms with Crippen LogP contribution in [0.2, 0.25) is 0 Å². The minimum Gasteiger partial charge on any atom is -0.379 e. The fraction of sp³-hybridized carbons (Fsp3) is 0.737. The van der Waals surface area contributed by atoms with Crippen molar-refractivity contribution in [1.82, 2.24) is 25.8 Å². The Bertz CT molecular complexity index is 1170. The lowest BCUT2D eigenvalue weighted by Gasteiger charge is -2.41. The van der Waals surface area contributed by atoms with Crippen LogP contribution in [0.15, 0.2) is 36.5 Å². The second-order valence-corrected chi connectivity index (χ2v) is 14.4. The van der Waals surface area contributed by atoms with Gasteiger partial charge in [0.15, 0.2) is 0 Å². The Balaban J connectivity index is 1.68. The number of hydrogen-bond acceptors (Lipinski definition) is 7. The van der Waals surface area contributed by atoms with Gasteiger partial charge in [0.25, 0.3) is 0 Å². The molecule has 3 rings (SSSR count). The first kappa shape index (κ1) is 40.4. The van der Waals surface area contributed by atoms with E-state index >= 15 is 0 Å². The number of carbonyl (C=O) groups is 4. The third kappa shape index (κ3) is 11.0. The van der Waals surface area contributed by atoms with Crippen LogP contribution in [0, 0.1) is 23.7 Å². The Hall–Kier alpha value is -3.02. The summed E-state index contributed by atoms with van der Waals surface area (Å²) in [6.45, 7) is 11.8. The van der Waals surface area contributed by atoms with Gasteiger partial charge in [-0.05, 0) is 56.4 Å². The molecule has 3 aliphatic rings. The number of allylic oxidation sites excluding steroid dienone is 6. The Labute approximate surface area is 294 Å². The summed E-state index contributed by atoms with van der Waals surface area (Å²) in [5, 5.41) is 9.29. The lowest BCUT2D eigenvalue weighted by Crippen LogP contribution is -2.59. The second kappa shape index (κ2) is 20.0. The molecule has 0 bridgehead atoms. The van der Waals surface area contributed by atoms with Crippen molar-refractivity contribution in [2.75, 3.05) is 40.9 Å². The van der Waals surface area contributed by atoms with E-state index in [0.29, 0.717) is 13.1 Å². The van der Waals surface area contributed by atoms with Crippen LogP contribution in [0.1, 0.15) is 79.6 Å². The molecule has 0 aromatic rings. The summed E-state index contributed by atoms with van der Waals surface area (Å²) < 4.78 is 11.9. The number of carbonyl (C=O) groups excluding carboxylic acids is 4. The minimum atomic E-state index is -0.699. The maximum atomic E-state index is 14.1. The van der Waals surface area contributed by atoms with Gasteiger partial charge >= 0.3 is 0 Å². The Kier molecular flexibility index (Phi) is 16.5. The highest BCUT2D eigenvalue weighted by Gasteiger charge is 2.43. The molecule has 1 aliphatic carbocycles. The van der Waals surface area contributed by atoms with Gasteiger partial charge in [-0.25, -0.2) is 0 Å². The van der Waals surface area contributed by atoms with Gasteiger partial charge in [0.1, 0.15) is 6.04 Å². The summed E-state index contributed by atoms with van der Waals surface area (Å²) in [5.41, 5.74) is 0. The van der Waals surface area contributed by atoms with Gasteiger partial charge in [-0.15, -0.1) is 0 Å². The van der Waals surface area contributed by atoms with Crippen molar-refractivity contribution < 1.29 is 28.7 Å². The summed E-state index contributed by atoms with van der Waals surface area (Å²) in [7, 11) is 4.94. The Morgan fingerprint density at radius 1 is 0.980 bits per heavy atom. The molecule has 49 heavy (non-hydrogen) atoms. The van der Waals surface area contributed by atoms with Crippen molar-refractivity contribution in [2.24, 2.45) is 23.7 Å². The molecular weight excluding hydrogens is 622 g/mol. The maximum absolute atomic E-state index is 14.1. The average Bonchev–Trinajstić information content (AvgIpc) is 3.75. The monoisotopic (exact) mass is 685 g/mol. The van der Waals surface area contributed by atoms with Crippen molar-refractivity contribution >= 4 is 23.6 Å². The molecular formula is C38H63N5O6. The highest BCUT2D eigenvalue weighted by atomic mass is 16.5. The largest absolute Gasteiger partial charge is 0.379 e. The van der Waals surface area contributed by atoms with E-state index in [1.54, 1.807) is 26.2 Å². The zero-order valence-corrected chi connectivity index (χ0v) is 31.2. The van der Waals surface area contributed by atoms with Crippen LogP contribution in [-0.4, -0.2) is 111 Å². The molecule has 11 heteroatoms. The molecule has 2 saturated heterocycles. The van der Waals surface area contributed by atoms with Crippen molar-refractivity contribution in [2.45, 2.75) is 116 Å². The zero-order chi connectivity index (χ0) is 36.1. The zero-order valence-electron chi connectivity index (χ0n) is 31.2. The van der Waals surface area contributed by atoms with Crippen LogP contribution in [0.4, 0.5) is 0 Å². The number of likely N-dealkylation sites (tertiary alicyclic amines) is 1. The molecule has 0 saturated carbocycles. The van der Waals surface area contributed by atoms with Crippen molar-refractivity contribution in [3.05, 3.63) is 36.5 Å². The normalized spacial score (nSPS) is 23.1. The van der Waals surface area contributed by atoms with Gasteiger partial charge in [-0.1, -0.05) is 77.5 Å². The summed E-state index contributed by atoms with van der Waals surface area (Å²) >= 11 is 0. The van der Waals surface area contributed by atoms with E-state index in [0.717, 1.165) is 45.1 Å². The smallest absolute Gasteiger partial charge is 0.245 e. The summed E-state index contributed by atoms with van der Waals surface area (Å²) in [6, 6.07) is -1.63. The third-order valence-corrected chi connectivity index (χ3v) is 10.7. The van der Waals surface area contributed by atoms with Gasteiger partial charge in [0.2, 0.25) is 23.6 Å². The summed E-state index contributed by atoms with van der Waals surface area (Å²) in [5.74, 6) is -0.814. The predicted octanol–water partition coefficient (Wildman–Crippen LogP) is 3.60. The fourth-order valence-corrected chi connectivity index (χ4v) is 7.52. The number of nitrogens with zero attached hydrogens (tertiary/aromatic N) is 2. The molecule has 8 atom stereocenters. The van der Waals surface area contributed by atoms with Crippen molar-refractivity contribution in [3.63, 3.8) is 0 Å². The quantitative estimate of drug-likeness (QED) is 0.201. The SMILES string of the molecule is CC[C@H](C)[C@@H]([C@@H](CC(=O)N1CCC[C@H]1[C@H](OC)[C@@H](C)C(=O)NCCC1C=CC=CC=C1)OC)N(C)C(=O)[C@@H](NC(=O)C1CCCN1)C(C)C. The lowest BCUT2D eigenvalue weighted by molar-refractivity contribution is -0.147. The second-order valence-electron chi connectivity index (χ2n) is 14.4. The third-order valence-electron chi connectivity index (χ3n) is 10.7. The molecule has 0 spiro atoms. The molecule has 1 unspecified atom stereocenters. The van der Waals surface area contributed by atoms with E-state index < -0.39 is 30.2 Å². The molecule has 276 valence electrons. The maximum Gasteiger partial charge on any atom is 0.245 e. The van der Waals surface area contributed by atoms with E-state index in [1.807, 2.05) is 50.0 Å².